The molecule has 0 aliphatic heterocycles. The number of nitro benzene ring substituents is 1. The van der Waals surface area contributed by atoms with Crippen molar-refractivity contribution in [1.29, 1.82) is 0 Å². The fourth-order valence-corrected chi connectivity index (χ4v) is 1.52. The van der Waals surface area contributed by atoms with Crippen LogP contribution in [0.1, 0.15) is 29.3 Å². The van der Waals surface area contributed by atoms with Crippen molar-refractivity contribution in [3.05, 3.63) is 75.8 Å². The normalized spacial score (nSPS) is 9.36. The highest BCUT2D eigenvalue weighted by Gasteiger charge is 2.12. The summed E-state index contributed by atoms with van der Waals surface area (Å²) in [5.74, 6) is -0.214. The Labute approximate surface area is 132 Å². The first kappa shape index (κ1) is 17.5. The Balaban J connectivity index is 0.000000422. The summed E-state index contributed by atoms with van der Waals surface area (Å²) in [6, 6.07) is 14.4. The Morgan fingerprint density at radius 1 is 1.05 bits per heavy atom. The van der Waals surface area contributed by atoms with Crippen molar-refractivity contribution >= 4 is 28.3 Å². The number of carbonyl (C=O) groups excluding carboxylic acids is 2. The zero-order valence-corrected chi connectivity index (χ0v) is 12.6. The van der Waals surface area contributed by atoms with E-state index >= 15 is 0 Å². The molecule has 2 rings (SSSR count). The van der Waals surface area contributed by atoms with Gasteiger partial charge < -0.3 is 0 Å². The molecule has 0 amide bonds. The van der Waals surface area contributed by atoms with E-state index in [4.69, 9.17) is 11.6 Å². The predicted octanol–water partition coefficient (Wildman–Crippen LogP) is 3.99. The van der Waals surface area contributed by atoms with Gasteiger partial charge in [0, 0.05) is 29.7 Å². The molecule has 0 aliphatic carbocycles. The second-order valence-electron chi connectivity index (χ2n) is 4.21. The van der Waals surface area contributed by atoms with E-state index in [1.807, 2.05) is 6.07 Å². The standard InChI is InChI=1S/C13H9NO3.C3H5ClO/c15-13(10-5-2-1-3-6-10)11-7-4-8-12(9-11)14(16)17;1-2-3(4)5/h1-9H;2H2,1H3. The second kappa shape index (κ2) is 8.69. The molecule has 0 fully saturated rings. The van der Waals surface area contributed by atoms with E-state index < -0.39 is 4.92 Å². The molecule has 2 aromatic rings. The van der Waals surface area contributed by atoms with Gasteiger partial charge >= 0.3 is 0 Å². The van der Waals surface area contributed by atoms with Gasteiger partial charge in [-0.1, -0.05) is 49.4 Å². The molecular weight excluding hydrogens is 306 g/mol. The average Bonchev–Trinajstić information content (AvgIpc) is 2.55. The highest BCUT2D eigenvalue weighted by Crippen LogP contribution is 2.16. The quantitative estimate of drug-likeness (QED) is 0.369. The SMILES string of the molecule is CCC(=O)Cl.O=C(c1ccccc1)c1cccc([N+](=O)[O-])c1. The molecule has 0 unspecified atom stereocenters. The lowest BCUT2D eigenvalue weighted by Crippen LogP contribution is -2.01. The van der Waals surface area contributed by atoms with Gasteiger partial charge in [-0.2, -0.15) is 0 Å². The third-order valence-corrected chi connectivity index (χ3v) is 2.90. The van der Waals surface area contributed by atoms with Crippen LogP contribution in [0.4, 0.5) is 5.69 Å². The molecule has 0 radical (unpaired) electrons. The molecule has 22 heavy (non-hydrogen) atoms. The van der Waals surface area contributed by atoms with Crippen LogP contribution in [-0.4, -0.2) is 15.9 Å². The molecule has 0 spiro atoms. The van der Waals surface area contributed by atoms with Crippen LogP contribution in [0.15, 0.2) is 54.6 Å². The Hall–Kier alpha value is -2.53. The second-order valence-corrected chi connectivity index (χ2v) is 4.63. The summed E-state index contributed by atoms with van der Waals surface area (Å²) in [7, 11) is 0. The van der Waals surface area contributed by atoms with Gasteiger partial charge in [0.05, 0.1) is 4.92 Å². The van der Waals surface area contributed by atoms with Crippen molar-refractivity contribution in [3.63, 3.8) is 0 Å². The number of nitrogens with zero attached hydrogens (tertiary/aromatic N) is 1. The van der Waals surface area contributed by atoms with E-state index in [1.54, 1.807) is 37.3 Å². The molecular formula is C16H14ClNO4. The van der Waals surface area contributed by atoms with Crippen LogP contribution in [0.2, 0.25) is 0 Å². The molecule has 0 bridgehead atoms. The van der Waals surface area contributed by atoms with Crippen LogP contribution >= 0.6 is 11.6 Å². The van der Waals surface area contributed by atoms with E-state index in [9.17, 15) is 19.7 Å². The van der Waals surface area contributed by atoms with Crippen molar-refractivity contribution in [2.45, 2.75) is 13.3 Å². The third-order valence-electron chi connectivity index (χ3n) is 2.63. The summed E-state index contributed by atoms with van der Waals surface area (Å²) in [6.07, 6.45) is 0.432. The molecule has 6 heteroatoms. The molecule has 0 aliphatic rings. The van der Waals surface area contributed by atoms with Crippen LogP contribution in [0, 0.1) is 10.1 Å². The van der Waals surface area contributed by atoms with E-state index in [0.29, 0.717) is 17.5 Å². The largest absolute Gasteiger partial charge is 0.289 e. The predicted molar refractivity (Wildman–Crippen MR) is 84.1 cm³/mol. The minimum atomic E-state index is -0.512. The Morgan fingerprint density at radius 3 is 2.09 bits per heavy atom. The summed E-state index contributed by atoms with van der Waals surface area (Å²) < 4.78 is 0. The number of halogens is 1. The van der Waals surface area contributed by atoms with Gasteiger partial charge in [0.15, 0.2) is 5.78 Å². The maximum absolute atomic E-state index is 12.0. The first-order chi connectivity index (χ1) is 10.5. The maximum atomic E-state index is 12.0. The minimum Gasteiger partial charge on any atom is -0.289 e. The maximum Gasteiger partial charge on any atom is 0.270 e. The van der Waals surface area contributed by atoms with Gasteiger partial charge in [0.25, 0.3) is 5.69 Å². The highest BCUT2D eigenvalue weighted by molar-refractivity contribution is 6.63. The molecule has 0 aromatic heterocycles. The molecule has 0 heterocycles. The number of ketones is 1. The zero-order chi connectivity index (χ0) is 16.5. The van der Waals surface area contributed by atoms with Crippen molar-refractivity contribution < 1.29 is 14.5 Å². The van der Waals surface area contributed by atoms with Crippen LogP contribution in [-0.2, 0) is 4.79 Å². The van der Waals surface area contributed by atoms with Gasteiger partial charge in [0.2, 0.25) is 5.24 Å². The first-order valence-corrected chi connectivity index (χ1v) is 6.86. The lowest BCUT2D eigenvalue weighted by atomic mass is 10.0. The molecule has 2 aromatic carbocycles. The van der Waals surface area contributed by atoms with Crippen LogP contribution in [0.25, 0.3) is 0 Å². The van der Waals surface area contributed by atoms with Crippen molar-refractivity contribution in [1.82, 2.24) is 0 Å². The number of non-ortho nitro benzene ring substituents is 1. The minimum absolute atomic E-state index is 0.0771. The van der Waals surface area contributed by atoms with E-state index in [-0.39, 0.29) is 16.7 Å². The fraction of sp³-hybridized carbons (Fsp3) is 0.125. The van der Waals surface area contributed by atoms with Crippen molar-refractivity contribution in [2.24, 2.45) is 0 Å². The Kier molecular flexibility index (Phi) is 6.92. The van der Waals surface area contributed by atoms with Gasteiger partial charge in [0.1, 0.15) is 0 Å². The summed E-state index contributed by atoms with van der Waals surface area (Å²) in [5, 5.41) is 10.3. The topological polar surface area (TPSA) is 77.3 Å². The van der Waals surface area contributed by atoms with Crippen LogP contribution in [0.5, 0.6) is 0 Å². The first-order valence-electron chi connectivity index (χ1n) is 6.48. The molecule has 0 atom stereocenters. The number of nitro groups is 1. The molecule has 0 N–H and O–H groups in total. The van der Waals surface area contributed by atoms with Gasteiger partial charge in [-0.25, -0.2) is 0 Å². The summed E-state index contributed by atoms with van der Waals surface area (Å²) in [5.41, 5.74) is 0.769. The number of carbonyl (C=O) groups is 2. The summed E-state index contributed by atoms with van der Waals surface area (Å²) in [4.78, 5) is 31.7. The van der Waals surface area contributed by atoms with Gasteiger partial charge in [-0.05, 0) is 11.6 Å². The highest BCUT2D eigenvalue weighted by atomic mass is 35.5. The molecule has 0 saturated heterocycles. The fourth-order valence-electron chi connectivity index (χ4n) is 1.52. The van der Waals surface area contributed by atoms with Crippen molar-refractivity contribution in [3.8, 4) is 0 Å². The molecule has 114 valence electrons. The van der Waals surface area contributed by atoms with Gasteiger partial charge in [-0.15, -0.1) is 0 Å². The average molecular weight is 320 g/mol. The number of hydrogen-bond acceptors (Lipinski definition) is 4. The third kappa shape index (κ3) is 5.46. The van der Waals surface area contributed by atoms with E-state index in [2.05, 4.69) is 0 Å². The molecule has 0 saturated carbocycles. The van der Waals surface area contributed by atoms with E-state index in [0.717, 1.165) is 0 Å². The van der Waals surface area contributed by atoms with E-state index in [1.165, 1.54) is 18.2 Å². The zero-order valence-electron chi connectivity index (χ0n) is 11.9. The summed E-state index contributed by atoms with van der Waals surface area (Å²) in [6.45, 7) is 1.72. The smallest absolute Gasteiger partial charge is 0.270 e. The number of benzene rings is 2. The molecule has 5 nitrogen and oxygen atoms in total. The lowest BCUT2D eigenvalue weighted by Gasteiger charge is -2.00. The number of rotatable bonds is 4. The summed E-state index contributed by atoms with van der Waals surface area (Å²) >= 11 is 4.82. The van der Waals surface area contributed by atoms with Crippen molar-refractivity contribution in [2.75, 3.05) is 0 Å². The monoisotopic (exact) mass is 319 g/mol. The van der Waals surface area contributed by atoms with Crippen LogP contribution in [0.3, 0.4) is 0 Å². The van der Waals surface area contributed by atoms with Gasteiger partial charge in [-0.3, -0.25) is 19.7 Å². The Morgan fingerprint density at radius 2 is 1.59 bits per heavy atom. The Bertz CT molecular complexity index is 671. The number of hydrogen-bond donors (Lipinski definition) is 0. The van der Waals surface area contributed by atoms with Crippen LogP contribution < -0.4 is 0 Å². The lowest BCUT2D eigenvalue weighted by molar-refractivity contribution is -0.384.